The van der Waals surface area contributed by atoms with Gasteiger partial charge in [-0.3, -0.25) is 0 Å². The van der Waals surface area contributed by atoms with Crippen molar-refractivity contribution in [1.82, 2.24) is 0 Å². The molecule has 0 aliphatic carbocycles. The highest BCUT2D eigenvalue weighted by Crippen LogP contribution is 2.46. The van der Waals surface area contributed by atoms with Crippen LogP contribution in [0.4, 0.5) is 0 Å². The summed E-state index contributed by atoms with van der Waals surface area (Å²) in [6.45, 7) is 32.3. The zero-order chi connectivity index (χ0) is 28.8. The van der Waals surface area contributed by atoms with E-state index in [0.717, 1.165) is 25.9 Å². The lowest BCUT2D eigenvalue weighted by Crippen LogP contribution is -2.49. The fourth-order valence-corrected chi connectivity index (χ4v) is 4.51. The summed E-state index contributed by atoms with van der Waals surface area (Å²) in [4.78, 5) is -0.579. The van der Waals surface area contributed by atoms with Crippen LogP contribution in [0.2, 0.25) is 0 Å². The highest BCUT2D eigenvalue weighted by molar-refractivity contribution is 7.81. The predicted octanol–water partition coefficient (Wildman–Crippen LogP) is 7.06. The van der Waals surface area contributed by atoms with Crippen molar-refractivity contribution in [1.29, 1.82) is 0 Å². The average molecular weight is 533 g/mol. The van der Waals surface area contributed by atoms with Gasteiger partial charge in [0, 0.05) is 23.5 Å². The van der Waals surface area contributed by atoms with Gasteiger partial charge in [0.25, 0.3) is 0 Å². The van der Waals surface area contributed by atoms with Crippen molar-refractivity contribution in [3.05, 3.63) is 0 Å². The van der Waals surface area contributed by atoms with Crippen LogP contribution in [0.3, 0.4) is 0 Å². The largest absolute Gasteiger partial charge is 0.378 e. The van der Waals surface area contributed by atoms with Gasteiger partial charge in [-0.2, -0.15) is 12.6 Å². The fourth-order valence-electron chi connectivity index (χ4n) is 4.44. The first-order chi connectivity index (χ1) is 16.0. The molecule has 36 heavy (non-hydrogen) atoms. The van der Waals surface area contributed by atoms with Crippen LogP contribution in [-0.2, 0) is 14.2 Å². The van der Waals surface area contributed by atoms with Crippen molar-refractivity contribution < 1.29 is 14.2 Å². The second kappa shape index (κ2) is 14.0. The van der Waals surface area contributed by atoms with Gasteiger partial charge < -0.3 is 25.7 Å². The predicted molar refractivity (Wildman–Crippen MR) is 160 cm³/mol. The number of hydrogen-bond donors (Lipinski definition) is 3. The first-order valence-electron chi connectivity index (χ1n) is 14.2. The molecular formula is C30H64N2O3S. The van der Waals surface area contributed by atoms with Crippen LogP contribution in [0.15, 0.2) is 0 Å². The third-order valence-electron chi connectivity index (χ3n) is 8.59. The smallest absolute Gasteiger partial charge is 0.0632 e. The molecule has 0 saturated heterocycles. The Hall–Kier alpha value is 0.150. The zero-order valence-electron chi connectivity index (χ0n) is 26.5. The molecule has 0 heterocycles. The zero-order valence-corrected chi connectivity index (χ0v) is 27.4. The second-order valence-corrected chi connectivity index (χ2v) is 15.2. The van der Waals surface area contributed by atoms with E-state index in [2.05, 4.69) is 103 Å². The normalized spacial score (nSPS) is 20.5. The highest BCUT2D eigenvalue weighted by Gasteiger charge is 2.45. The molecule has 6 atom stereocenters. The molecule has 0 saturated carbocycles. The van der Waals surface area contributed by atoms with E-state index in [1.165, 1.54) is 0 Å². The standard InChI is InChI=1S/C30H64N2O3S/c1-15-30(25(7)33-16-22(4)21(2)3,19-26(8,9)34-17-23(5)28(12,13)31)20-27(10,11)35-18-24(6)29(14,32)36/h21-25,36H,15-20,31-32H2,1-14H3. The lowest BCUT2D eigenvalue weighted by atomic mass is 9.66. The summed E-state index contributed by atoms with van der Waals surface area (Å²) in [5.74, 6) is 1.46. The first-order valence-corrected chi connectivity index (χ1v) is 14.6. The highest BCUT2D eigenvalue weighted by atomic mass is 32.1. The molecular weight excluding hydrogens is 468 g/mol. The van der Waals surface area contributed by atoms with Crippen molar-refractivity contribution in [2.45, 2.75) is 144 Å². The summed E-state index contributed by atoms with van der Waals surface area (Å²) in [6.07, 6.45) is 2.76. The molecule has 0 aromatic rings. The molecule has 6 heteroatoms. The van der Waals surface area contributed by atoms with Crippen LogP contribution in [0.1, 0.15) is 116 Å². The lowest BCUT2D eigenvalue weighted by molar-refractivity contribution is -0.145. The SMILES string of the molecule is CCC(CC(C)(C)OCC(C)C(C)(C)N)(CC(C)(C)OCC(C)C(C)(N)S)C(C)OCC(C)C(C)C. The summed E-state index contributed by atoms with van der Waals surface area (Å²) in [5, 5.41) is 0. The quantitative estimate of drug-likeness (QED) is 0.130. The molecule has 0 amide bonds. The summed E-state index contributed by atoms with van der Waals surface area (Å²) >= 11 is 4.55. The Morgan fingerprint density at radius 2 is 1.11 bits per heavy atom. The topological polar surface area (TPSA) is 79.7 Å². The Balaban J connectivity index is 5.87. The summed E-state index contributed by atoms with van der Waals surface area (Å²) in [6, 6.07) is 0. The molecule has 0 rings (SSSR count). The van der Waals surface area contributed by atoms with Gasteiger partial charge in [0.2, 0.25) is 0 Å². The number of rotatable bonds is 18. The van der Waals surface area contributed by atoms with Gasteiger partial charge in [0.05, 0.1) is 35.4 Å². The van der Waals surface area contributed by atoms with E-state index in [1.807, 2.05) is 6.92 Å². The number of thiol groups is 1. The van der Waals surface area contributed by atoms with Crippen molar-refractivity contribution in [3.8, 4) is 0 Å². The van der Waals surface area contributed by atoms with Gasteiger partial charge in [-0.1, -0.05) is 41.5 Å². The molecule has 4 N–H and O–H groups in total. The Morgan fingerprint density at radius 3 is 1.44 bits per heavy atom. The number of ether oxygens (including phenoxy) is 3. The molecule has 218 valence electrons. The van der Waals surface area contributed by atoms with Crippen LogP contribution < -0.4 is 11.5 Å². The van der Waals surface area contributed by atoms with Crippen molar-refractivity contribution in [2.24, 2.45) is 40.6 Å². The molecule has 6 unspecified atom stereocenters. The summed E-state index contributed by atoms with van der Waals surface area (Å²) in [5.41, 5.74) is 11.5. The van der Waals surface area contributed by atoms with Gasteiger partial charge >= 0.3 is 0 Å². The van der Waals surface area contributed by atoms with Crippen LogP contribution in [0.25, 0.3) is 0 Å². The molecule has 0 aliphatic heterocycles. The maximum atomic E-state index is 6.61. The second-order valence-electron chi connectivity index (χ2n) is 14.3. The molecule has 5 nitrogen and oxygen atoms in total. The van der Waals surface area contributed by atoms with E-state index >= 15 is 0 Å². The molecule has 0 aliphatic rings. The van der Waals surface area contributed by atoms with Crippen molar-refractivity contribution >= 4 is 12.6 Å². The minimum absolute atomic E-state index is 0.0555. The van der Waals surface area contributed by atoms with Crippen LogP contribution in [0, 0.1) is 29.1 Å². The monoisotopic (exact) mass is 532 g/mol. The molecule has 0 spiro atoms. The Bertz CT molecular complexity index is 585. The van der Waals surface area contributed by atoms with Crippen molar-refractivity contribution in [2.75, 3.05) is 19.8 Å². The Morgan fingerprint density at radius 1 is 0.694 bits per heavy atom. The Kier molecular flexibility index (Phi) is 14.0. The van der Waals surface area contributed by atoms with Crippen LogP contribution in [-0.4, -0.2) is 47.5 Å². The summed E-state index contributed by atoms with van der Waals surface area (Å²) < 4.78 is 19.7. The molecule has 0 radical (unpaired) electrons. The van der Waals surface area contributed by atoms with Gasteiger partial charge in [-0.25, -0.2) is 0 Å². The van der Waals surface area contributed by atoms with Gasteiger partial charge in [0.15, 0.2) is 0 Å². The molecule has 0 aromatic carbocycles. The van der Waals surface area contributed by atoms with Gasteiger partial charge in [-0.05, 0) is 92.4 Å². The average Bonchev–Trinajstić information content (AvgIpc) is 2.71. The number of hydrogen-bond acceptors (Lipinski definition) is 6. The van der Waals surface area contributed by atoms with Crippen LogP contribution in [0.5, 0.6) is 0 Å². The van der Waals surface area contributed by atoms with E-state index in [-0.39, 0.29) is 40.1 Å². The summed E-state index contributed by atoms with van der Waals surface area (Å²) in [7, 11) is 0. The van der Waals surface area contributed by atoms with Crippen LogP contribution >= 0.6 is 12.6 Å². The molecule has 0 fully saturated rings. The number of nitrogens with two attached hydrogens (primary N) is 2. The van der Waals surface area contributed by atoms with E-state index in [4.69, 9.17) is 25.7 Å². The third-order valence-corrected chi connectivity index (χ3v) is 9.03. The maximum absolute atomic E-state index is 6.61. The van der Waals surface area contributed by atoms with E-state index in [9.17, 15) is 0 Å². The lowest BCUT2D eigenvalue weighted by Gasteiger charge is -2.48. The molecule has 0 bridgehead atoms. The fraction of sp³-hybridized carbons (Fsp3) is 1.00. The first kappa shape index (κ1) is 36.1. The van der Waals surface area contributed by atoms with E-state index in [0.29, 0.717) is 25.0 Å². The van der Waals surface area contributed by atoms with Crippen molar-refractivity contribution in [3.63, 3.8) is 0 Å². The third kappa shape index (κ3) is 12.8. The maximum Gasteiger partial charge on any atom is 0.0632 e. The van der Waals surface area contributed by atoms with Gasteiger partial charge in [-0.15, -0.1) is 0 Å². The molecule has 0 aromatic heterocycles. The van der Waals surface area contributed by atoms with Gasteiger partial charge in [0.1, 0.15) is 0 Å². The minimum Gasteiger partial charge on any atom is -0.378 e. The van der Waals surface area contributed by atoms with E-state index < -0.39 is 4.87 Å². The minimum atomic E-state index is -0.579. The Labute approximate surface area is 230 Å². The van der Waals surface area contributed by atoms with E-state index in [1.54, 1.807) is 0 Å².